The van der Waals surface area contributed by atoms with Gasteiger partial charge in [-0.05, 0) is 48.8 Å². The number of halogens is 1. The molecule has 1 unspecified atom stereocenters. The molecule has 0 spiro atoms. The predicted molar refractivity (Wildman–Crippen MR) is 107 cm³/mol. The largest absolute Gasteiger partial charge is 0.478 e. The molecule has 1 aliphatic rings. The van der Waals surface area contributed by atoms with E-state index in [1.807, 2.05) is 26.0 Å². The molecule has 0 aromatic heterocycles. The number of carboxylic acid groups (broad SMARTS) is 1. The van der Waals surface area contributed by atoms with Gasteiger partial charge in [0.1, 0.15) is 5.60 Å². The van der Waals surface area contributed by atoms with Gasteiger partial charge in [0, 0.05) is 34.9 Å². The van der Waals surface area contributed by atoms with Crippen molar-refractivity contribution in [2.45, 2.75) is 46.1 Å². The van der Waals surface area contributed by atoms with Crippen LogP contribution in [0.15, 0.2) is 59.2 Å². The number of Topliss-reactive ketones (excluding diaryl/α,β-unsaturated/α-hetero) is 1. The van der Waals surface area contributed by atoms with E-state index in [4.69, 9.17) is 16.7 Å². The molecule has 27 heavy (non-hydrogen) atoms. The maximum absolute atomic E-state index is 12.8. The molecule has 0 bridgehead atoms. The van der Waals surface area contributed by atoms with E-state index in [1.54, 1.807) is 38.1 Å². The second-order valence-electron chi connectivity index (χ2n) is 7.72. The van der Waals surface area contributed by atoms with Gasteiger partial charge in [-0.3, -0.25) is 4.79 Å². The fourth-order valence-corrected chi connectivity index (χ4v) is 3.60. The first-order chi connectivity index (χ1) is 12.5. The Bertz CT molecular complexity index is 844. The second-order valence-corrected chi connectivity index (χ2v) is 8.15. The second kappa shape index (κ2) is 7.83. The third-order valence-corrected chi connectivity index (χ3v) is 5.48. The molecular formula is C22H25ClO4. The first kappa shape index (κ1) is 21.1. The number of hydrogen-bond donors (Lipinski definition) is 2. The maximum atomic E-state index is 12.8. The Labute approximate surface area is 164 Å². The summed E-state index contributed by atoms with van der Waals surface area (Å²) in [6.45, 7) is 7.11. The number of ketones is 1. The molecule has 2 N–H and O–H groups in total. The summed E-state index contributed by atoms with van der Waals surface area (Å²) in [5.74, 6) is -1.03. The Morgan fingerprint density at radius 1 is 1.26 bits per heavy atom. The van der Waals surface area contributed by atoms with E-state index in [-0.39, 0.29) is 12.2 Å². The average molecular weight is 389 g/mol. The summed E-state index contributed by atoms with van der Waals surface area (Å²) in [6, 6.07) is 7.28. The molecule has 1 aromatic rings. The number of rotatable bonds is 5. The molecule has 1 atom stereocenters. The van der Waals surface area contributed by atoms with E-state index in [0.29, 0.717) is 28.2 Å². The maximum Gasteiger partial charge on any atom is 0.328 e. The van der Waals surface area contributed by atoms with Crippen LogP contribution in [-0.4, -0.2) is 27.6 Å². The lowest BCUT2D eigenvalue weighted by molar-refractivity contribution is -0.131. The highest BCUT2D eigenvalue weighted by Crippen LogP contribution is 2.47. The first-order valence-electron chi connectivity index (χ1n) is 8.77. The van der Waals surface area contributed by atoms with E-state index < -0.39 is 17.0 Å². The highest BCUT2D eigenvalue weighted by Gasteiger charge is 2.49. The number of benzene rings is 1. The third kappa shape index (κ3) is 4.57. The molecule has 5 heteroatoms. The summed E-state index contributed by atoms with van der Waals surface area (Å²) in [7, 11) is 0. The van der Waals surface area contributed by atoms with Crippen LogP contribution in [0.4, 0.5) is 0 Å². The summed E-state index contributed by atoms with van der Waals surface area (Å²) in [6.07, 6.45) is 4.89. The number of carboxylic acids is 1. The number of allylic oxidation sites excluding steroid dienone is 3. The average Bonchev–Trinajstić information content (AvgIpc) is 2.56. The quantitative estimate of drug-likeness (QED) is 0.574. The molecule has 0 radical (unpaired) electrons. The van der Waals surface area contributed by atoms with E-state index in [2.05, 4.69) is 0 Å². The van der Waals surface area contributed by atoms with Crippen molar-refractivity contribution in [3.8, 4) is 0 Å². The minimum atomic E-state index is -1.35. The predicted octanol–water partition coefficient (Wildman–Crippen LogP) is 4.52. The SMILES string of the molecule is CC1=C(Cc2ccc(Cl)cc2)C(=O)CC(C)(C)C1(O)/C=C/C(C)=C\C(=O)O. The Kier molecular flexibility index (Phi) is 6.13. The van der Waals surface area contributed by atoms with Gasteiger partial charge in [-0.2, -0.15) is 0 Å². The third-order valence-electron chi connectivity index (χ3n) is 5.23. The van der Waals surface area contributed by atoms with Crippen LogP contribution < -0.4 is 0 Å². The summed E-state index contributed by atoms with van der Waals surface area (Å²) in [5.41, 5.74) is 0.570. The lowest BCUT2D eigenvalue weighted by Gasteiger charge is -2.46. The smallest absolute Gasteiger partial charge is 0.328 e. The summed E-state index contributed by atoms with van der Waals surface area (Å²) in [5, 5.41) is 21.0. The molecule has 0 aliphatic heterocycles. The molecule has 0 saturated heterocycles. The molecule has 4 nitrogen and oxygen atoms in total. The zero-order valence-electron chi connectivity index (χ0n) is 16.0. The number of aliphatic hydroxyl groups is 1. The molecule has 2 rings (SSSR count). The van der Waals surface area contributed by atoms with Gasteiger partial charge in [-0.1, -0.05) is 43.7 Å². The van der Waals surface area contributed by atoms with Gasteiger partial charge in [-0.15, -0.1) is 0 Å². The Hall–Kier alpha value is -2.17. The molecule has 0 heterocycles. The van der Waals surface area contributed by atoms with Crippen LogP contribution in [0.2, 0.25) is 5.02 Å². The van der Waals surface area contributed by atoms with Crippen molar-refractivity contribution >= 4 is 23.4 Å². The van der Waals surface area contributed by atoms with Crippen molar-refractivity contribution in [2.75, 3.05) is 0 Å². The van der Waals surface area contributed by atoms with Gasteiger partial charge < -0.3 is 10.2 Å². The van der Waals surface area contributed by atoms with Crippen molar-refractivity contribution in [3.63, 3.8) is 0 Å². The Balaban J connectivity index is 2.48. The van der Waals surface area contributed by atoms with Crippen LogP contribution in [0.3, 0.4) is 0 Å². The van der Waals surface area contributed by atoms with Crippen molar-refractivity contribution in [1.29, 1.82) is 0 Å². The summed E-state index contributed by atoms with van der Waals surface area (Å²) >= 11 is 5.93. The highest BCUT2D eigenvalue weighted by atomic mass is 35.5. The number of hydrogen-bond acceptors (Lipinski definition) is 3. The number of carbonyl (C=O) groups excluding carboxylic acids is 1. The normalized spacial score (nSPS) is 23.2. The molecular weight excluding hydrogens is 364 g/mol. The zero-order valence-corrected chi connectivity index (χ0v) is 16.8. The Morgan fingerprint density at radius 3 is 2.41 bits per heavy atom. The van der Waals surface area contributed by atoms with Crippen LogP contribution in [0.25, 0.3) is 0 Å². The fourth-order valence-electron chi connectivity index (χ4n) is 3.47. The van der Waals surface area contributed by atoms with Gasteiger partial charge in [0.05, 0.1) is 0 Å². The monoisotopic (exact) mass is 388 g/mol. The molecule has 0 amide bonds. The molecule has 1 aliphatic carbocycles. The van der Waals surface area contributed by atoms with Gasteiger partial charge in [0.25, 0.3) is 0 Å². The van der Waals surface area contributed by atoms with Crippen molar-refractivity contribution in [3.05, 3.63) is 69.8 Å². The lowest BCUT2D eigenvalue weighted by Crippen LogP contribution is -2.49. The first-order valence-corrected chi connectivity index (χ1v) is 9.15. The van der Waals surface area contributed by atoms with Crippen molar-refractivity contribution in [1.82, 2.24) is 0 Å². The van der Waals surface area contributed by atoms with Crippen LogP contribution >= 0.6 is 11.6 Å². The lowest BCUT2D eigenvalue weighted by atomic mass is 9.62. The van der Waals surface area contributed by atoms with Gasteiger partial charge in [-0.25, -0.2) is 4.79 Å². The van der Waals surface area contributed by atoms with Crippen LogP contribution in [0.1, 0.15) is 39.7 Å². The molecule has 144 valence electrons. The fraction of sp³-hybridized carbons (Fsp3) is 0.364. The highest BCUT2D eigenvalue weighted by molar-refractivity contribution is 6.30. The van der Waals surface area contributed by atoms with Gasteiger partial charge >= 0.3 is 5.97 Å². The molecule has 0 fully saturated rings. The van der Waals surface area contributed by atoms with E-state index in [0.717, 1.165) is 11.6 Å². The minimum absolute atomic E-state index is 0.0170. The standard InChI is InChI=1S/C22H25ClO4/c1-14(11-20(25)26)9-10-22(27)15(2)18(19(24)13-21(22,3)4)12-16-5-7-17(23)8-6-16/h5-11,27H,12-13H2,1-4H3,(H,25,26)/b10-9+,14-11-. The number of carbonyl (C=O) groups is 2. The summed E-state index contributed by atoms with van der Waals surface area (Å²) < 4.78 is 0. The van der Waals surface area contributed by atoms with Crippen molar-refractivity contribution < 1.29 is 19.8 Å². The van der Waals surface area contributed by atoms with Crippen molar-refractivity contribution in [2.24, 2.45) is 5.41 Å². The Morgan fingerprint density at radius 2 is 1.85 bits per heavy atom. The van der Waals surface area contributed by atoms with Crippen LogP contribution in [0, 0.1) is 5.41 Å². The topological polar surface area (TPSA) is 74.6 Å². The minimum Gasteiger partial charge on any atom is -0.478 e. The van der Waals surface area contributed by atoms with E-state index in [9.17, 15) is 14.7 Å². The van der Waals surface area contributed by atoms with E-state index >= 15 is 0 Å². The molecule has 1 aromatic carbocycles. The van der Waals surface area contributed by atoms with E-state index in [1.165, 1.54) is 0 Å². The number of aliphatic carboxylic acids is 1. The van der Waals surface area contributed by atoms with Gasteiger partial charge in [0.2, 0.25) is 0 Å². The molecule has 0 saturated carbocycles. The van der Waals surface area contributed by atoms with Crippen LogP contribution in [-0.2, 0) is 16.0 Å². The zero-order chi connectivity index (χ0) is 20.4. The summed E-state index contributed by atoms with van der Waals surface area (Å²) in [4.78, 5) is 23.6. The van der Waals surface area contributed by atoms with Crippen LogP contribution in [0.5, 0.6) is 0 Å². The van der Waals surface area contributed by atoms with Gasteiger partial charge in [0.15, 0.2) is 5.78 Å².